The van der Waals surface area contributed by atoms with Gasteiger partial charge in [-0.15, -0.1) is 0 Å². The molecule has 10 heteroatoms. The maximum Gasteiger partial charge on any atom is 0.508 e. The average Bonchev–Trinajstić information content (AvgIpc) is 2.25. The maximum absolute atomic E-state index is 11.2. The number of carbonyl (C=O) groups excluding carboxylic acids is 2. The Bertz CT molecular complexity index is 419. The van der Waals surface area contributed by atoms with Crippen molar-refractivity contribution in [1.29, 1.82) is 0 Å². The van der Waals surface area contributed by atoms with Gasteiger partial charge < -0.3 is 14.2 Å². The zero-order chi connectivity index (χ0) is 13.8. The van der Waals surface area contributed by atoms with E-state index in [9.17, 15) is 18.0 Å². The Morgan fingerprint density at radius 2 is 2.11 bits per heavy atom. The standard InChI is InChI=1S/C8H13NO8S/c1-15-2-3-16-8(11)17-5-6-4-9(7(6)10)18(12,13)14/h6H,2-5H2,1H3,(H,12,13,14). The van der Waals surface area contributed by atoms with Crippen LogP contribution < -0.4 is 0 Å². The first-order chi connectivity index (χ1) is 8.36. The summed E-state index contributed by atoms with van der Waals surface area (Å²) < 4.78 is 43.8. The van der Waals surface area contributed by atoms with E-state index >= 15 is 0 Å². The second-order valence-corrected chi connectivity index (χ2v) is 4.78. The molecule has 1 heterocycles. The van der Waals surface area contributed by atoms with Gasteiger partial charge in [-0.3, -0.25) is 9.35 Å². The Morgan fingerprint density at radius 1 is 1.44 bits per heavy atom. The lowest BCUT2D eigenvalue weighted by Crippen LogP contribution is -2.56. The molecule has 1 rings (SSSR count). The number of methoxy groups -OCH3 is 1. The summed E-state index contributed by atoms with van der Waals surface area (Å²) in [4.78, 5) is 22.2. The SMILES string of the molecule is COCCOC(=O)OCC1CN(S(=O)(=O)O)C1=O. The summed E-state index contributed by atoms with van der Waals surface area (Å²) in [5.74, 6) is -1.59. The third kappa shape index (κ3) is 3.82. The van der Waals surface area contributed by atoms with E-state index in [1.165, 1.54) is 7.11 Å². The molecule has 18 heavy (non-hydrogen) atoms. The van der Waals surface area contributed by atoms with Gasteiger partial charge in [0.05, 0.1) is 19.1 Å². The van der Waals surface area contributed by atoms with Crippen LogP contribution in [-0.2, 0) is 29.3 Å². The van der Waals surface area contributed by atoms with Gasteiger partial charge in [-0.05, 0) is 0 Å². The molecule has 0 aliphatic carbocycles. The van der Waals surface area contributed by atoms with E-state index in [0.717, 1.165) is 0 Å². The fourth-order valence-electron chi connectivity index (χ4n) is 1.21. The lowest BCUT2D eigenvalue weighted by Gasteiger charge is -2.34. The van der Waals surface area contributed by atoms with Crippen molar-refractivity contribution in [3.8, 4) is 0 Å². The number of β-lactam (4-membered cyclic amide) rings is 1. The molecule has 1 atom stereocenters. The van der Waals surface area contributed by atoms with Gasteiger partial charge in [0.1, 0.15) is 13.2 Å². The number of carbonyl (C=O) groups is 2. The van der Waals surface area contributed by atoms with Gasteiger partial charge in [-0.2, -0.15) is 8.42 Å². The van der Waals surface area contributed by atoms with E-state index in [4.69, 9.17) is 4.55 Å². The maximum atomic E-state index is 11.2. The van der Waals surface area contributed by atoms with Crippen LogP contribution in [0.25, 0.3) is 0 Å². The van der Waals surface area contributed by atoms with Crippen molar-refractivity contribution in [2.75, 3.05) is 33.5 Å². The zero-order valence-corrected chi connectivity index (χ0v) is 10.4. The van der Waals surface area contributed by atoms with Crippen LogP contribution in [-0.4, -0.2) is 62.8 Å². The molecule has 0 spiro atoms. The first-order valence-electron chi connectivity index (χ1n) is 4.93. The van der Waals surface area contributed by atoms with Gasteiger partial charge in [0.2, 0.25) is 5.91 Å². The molecule has 1 aliphatic heterocycles. The summed E-state index contributed by atoms with van der Waals surface area (Å²) >= 11 is 0. The molecular weight excluding hydrogens is 270 g/mol. The second kappa shape index (κ2) is 5.98. The van der Waals surface area contributed by atoms with Crippen molar-refractivity contribution in [2.45, 2.75) is 0 Å². The smallest absolute Gasteiger partial charge is 0.433 e. The molecule has 0 radical (unpaired) electrons. The second-order valence-electron chi connectivity index (χ2n) is 3.45. The first kappa shape index (κ1) is 14.7. The Labute approximate surface area is 103 Å². The monoisotopic (exact) mass is 283 g/mol. The fraction of sp³-hybridized carbons (Fsp3) is 0.750. The minimum absolute atomic E-state index is 0.0189. The van der Waals surface area contributed by atoms with Gasteiger partial charge >= 0.3 is 16.5 Å². The van der Waals surface area contributed by atoms with Crippen LogP contribution in [0.5, 0.6) is 0 Å². The van der Waals surface area contributed by atoms with E-state index in [1.54, 1.807) is 0 Å². The fourth-order valence-corrected chi connectivity index (χ4v) is 1.95. The minimum atomic E-state index is -4.51. The molecule has 1 aliphatic rings. The molecule has 0 aromatic heterocycles. The summed E-state index contributed by atoms with van der Waals surface area (Å²) in [5, 5.41) is 0. The predicted octanol–water partition coefficient (Wildman–Crippen LogP) is -0.953. The molecule has 1 unspecified atom stereocenters. The van der Waals surface area contributed by atoms with Gasteiger partial charge in [0.25, 0.3) is 0 Å². The van der Waals surface area contributed by atoms with E-state index < -0.39 is 28.3 Å². The van der Waals surface area contributed by atoms with E-state index in [1.807, 2.05) is 0 Å². The lowest BCUT2D eigenvalue weighted by atomic mass is 10.0. The van der Waals surface area contributed by atoms with Crippen LogP contribution in [0.3, 0.4) is 0 Å². The first-order valence-corrected chi connectivity index (χ1v) is 6.33. The highest BCUT2D eigenvalue weighted by Crippen LogP contribution is 2.20. The van der Waals surface area contributed by atoms with Crippen LogP contribution in [0, 0.1) is 5.92 Å². The molecule has 1 amide bonds. The van der Waals surface area contributed by atoms with E-state index in [2.05, 4.69) is 14.2 Å². The van der Waals surface area contributed by atoms with Gasteiger partial charge in [0, 0.05) is 7.11 Å². The Balaban J connectivity index is 2.23. The van der Waals surface area contributed by atoms with Crippen molar-refractivity contribution in [2.24, 2.45) is 5.92 Å². The number of rotatable bonds is 6. The summed E-state index contributed by atoms with van der Waals surface area (Å²) in [7, 11) is -3.07. The molecular formula is C8H13NO8S. The largest absolute Gasteiger partial charge is 0.508 e. The highest BCUT2D eigenvalue weighted by atomic mass is 32.2. The van der Waals surface area contributed by atoms with Crippen LogP contribution in [0.1, 0.15) is 0 Å². The average molecular weight is 283 g/mol. The Hall–Kier alpha value is -1.39. The molecule has 1 N–H and O–H groups in total. The van der Waals surface area contributed by atoms with Gasteiger partial charge in [-0.25, -0.2) is 9.10 Å². The van der Waals surface area contributed by atoms with Crippen molar-refractivity contribution >= 4 is 22.4 Å². The Kier molecular flexibility index (Phi) is 4.87. The molecule has 0 aromatic carbocycles. The van der Waals surface area contributed by atoms with Crippen LogP contribution in [0.4, 0.5) is 4.79 Å². The third-order valence-corrected chi connectivity index (χ3v) is 3.06. The number of nitrogens with zero attached hydrogens (tertiary/aromatic N) is 1. The van der Waals surface area contributed by atoms with Gasteiger partial charge in [0.15, 0.2) is 0 Å². The molecule has 0 bridgehead atoms. The molecule has 104 valence electrons. The van der Waals surface area contributed by atoms with Crippen molar-refractivity contribution in [3.05, 3.63) is 0 Å². The number of ether oxygens (including phenoxy) is 3. The zero-order valence-electron chi connectivity index (χ0n) is 9.57. The Morgan fingerprint density at radius 3 is 2.61 bits per heavy atom. The van der Waals surface area contributed by atoms with Crippen LogP contribution in [0.2, 0.25) is 0 Å². The molecule has 1 saturated heterocycles. The highest BCUT2D eigenvalue weighted by Gasteiger charge is 2.44. The van der Waals surface area contributed by atoms with E-state index in [0.29, 0.717) is 0 Å². The summed E-state index contributed by atoms with van der Waals surface area (Å²) in [5.41, 5.74) is 0. The summed E-state index contributed by atoms with van der Waals surface area (Å²) in [6, 6.07) is 0. The molecule has 0 aromatic rings. The normalized spacial score (nSPS) is 19.3. The van der Waals surface area contributed by atoms with Gasteiger partial charge in [-0.1, -0.05) is 0 Å². The van der Waals surface area contributed by atoms with E-state index in [-0.39, 0.29) is 30.7 Å². The van der Waals surface area contributed by atoms with Crippen molar-refractivity contribution in [1.82, 2.24) is 4.31 Å². The molecule has 0 saturated carbocycles. The van der Waals surface area contributed by atoms with Crippen molar-refractivity contribution in [3.63, 3.8) is 0 Å². The van der Waals surface area contributed by atoms with Crippen molar-refractivity contribution < 1.29 is 36.8 Å². The summed E-state index contributed by atoms with van der Waals surface area (Å²) in [6.07, 6.45) is -0.967. The number of amides is 1. The van der Waals surface area contributed by atoms with Crippen LogP contribution in [0.15, 0.2) is 0 Å². The number of hydrogen-bond acceptors (Lipinski definition) is 7. The quantitative estimate of drug-likeness (QED) is 0.287. The summed E-state index contributed by atoms with van der Waals surface area (Å²) in [6.45, 7) is -0.279. The predicted molar refractivity (Wildman–Crippen MR) is 55.9 cm³/mol. The lowest BCUT2D eigenvalue weighted by molar-refractivity contribution is -0.142. The van der Waals surface area contributed by atoms with Crippen LogP contribution >= 0.6 is 0 Å². The molecule has 1 fully saturated rings. The topological polar surface area (TPSA) is 119 Å². The molecule has 9 nitrogen and oxygen atoms in total. The highest BCUT2D eigenvalue weighted by molar-refractivity contribution is 7.84. The minimum Gasteiger partial charge on any atom is -0.433 e. The third-order valence-electron chi connectivity index (χ3n) is 2.17. The number of hydrogen-bond donors (Lipinski definition) is 1.